The molecule has 2 heterocycles. The molecule has 0 bridgehead atoms. The molecule has 21 heavy (non-hydrogen) atoms. The van der Waals surface area contributed by atoms with Gasteiger partial charge in [0.25, 0.3) is 5.19 Å². The molecule has 0 aliphatic heterocycles. The SMILES string of the molecule is N#Cc1[nH]nnc1-c1nc(Oc2ccc(Cl)cc2)sc1Cl. The standard InChI is InChI=1S/C12H5Cl2N5OS/c13-6-1-3-7(4-2-6)20-12-16-10(11(14)21-12)9-8(5-15)17-19-18-9/h1-4H,(H,17,18,19). The highest BCUT2D eigenvalue weighted by atomic mass is 35.5. The Bertz CT molecular complexity index is 821. The second-order valence-electron chi connectivity index (χ2n) is 3.81. The lowest BCUT2D eigenvalue weighted by molar-refractivity contribution is 0.479. The molecule has 0 amide bonds. The number of hydrogen-bond acceptors (Lipinski definition) is 6. The molecule has 3 rings (SSSR count). The maximum atomic E-state index is 8.96. The van der Waals surface area contributed by atoms with E-state index in [4.69, 9.17) is 33.2 Å². The third-order valence-electron chi connectivity index (χ3n) is 2.47. The molecule has 0 saturated carbocycles. The molecule has 0 aliphatic rings. The number of aromatic nitrogens is 4. The minimum absolute atomic E-state index is 0.195. The Morgan fingerprint density at radius 1 is 1.19 bits per heavy atom. The zero-order valence-electron chi connectivity index (χ0n) is 10.2. The first kappa shape index (κ1) is 13.8. The van der Waals surface area contributed by atoms with Crippen LogP contribution in [0.15, 0.2) is 24.3 Å². The minimum atomic E-state index is 0.195. The highest BCUT2D eigenvalue weighted by Crippen LogP contribution is 2.38. The molecular formula is C12H5Cl2N5OS. The van der Waals surface area contributed by atoms with E-state index in [9.17, 15) is 0 Å². The summed E-state index contributed by atoms with van der Waals surface area (Å²) in [6.45, 7) is 0. The van der Waals surface area contributed by atoms with Crippen molar-refractivity contribution >= 4 is 34.5 Å². The molecule has 0 atom stereocenters. The number of ether oxygens (including phenoxy) is 1. The molecular weight excluding hydrogens is 333 g/mol. The van der Waals surface area contributed by atoms with Crippen molar-refractivity contribution in [2.24, 2.45) is 0 Å². The van der Waals surface area contributed by atoms with Crippen molar-refractivity contribution in [1.29, 1.82) is 5.26 Å². The van der Waals surface area contributed by atoms with Gasteiger partial charge in [-0.1, -0.05) is 39.8 Å². The van der Waals surface area contributed by atoms with Gasteiger partial charge < -0.3 is 4.74 Å². The molecule has 0 spiro atoms. The number of rotatable bonds is 3. The predicted octanol–water partition coefficient (Wildman–Crippen LogP) is 3.90. The largest absolute Gasteiger partial charge is 0.431 e. The second-order valence-corrected chi connectivity index (χ2v) is 5.81. The van der Waals surface area contributed by atoms with Crippen molar-refractivity contribution in [3.05, 3.63) is 39.3 Å². The number of nitrogens with zero attached hydrogens (tertiary/aromatic N) is 4. The van der Waals surface area contributed by atoms with Gasteiger partial charge in [-0.2, -0.15) is 10.2 Å². The van der Waals surface area contributed by atoms with Gasteiger partial charge in [-0.15, -0.1) is 5.10 Å². The van der Waals surface area contributed by atoms with Gasteiger partial charge in [-0.25, -0.2) is 5.10 Å². The van der Waals surface area contributed by atoms with E-state index in [1.54, 1.807) is 24.3 Å². The summed E-state index contributed by atoms with van der Waals surface area (Å²) in [5.41, 5.74) is 0.848. The molecule has 2 aromatic heterocycles. The number of benzene rings is 1. The van der Waals surface area contributed by atoms with Crippen LogP contribution >= 0.6 is 34.5 Å². The van der Waals surface area contributed by atoms with Gasteiger partial charge >= 0.3 is 0 Å². The number of nitriles is 1. The average molecular weight is 338 g/mol. The van der Waals surface area contributed by atoms with Crippen molar-refractivity contribution in [1.82, 2.24) is 20.4 Å². The van der Waals surface area contributed by atoms with E-state index in [0.717, 1.165) is 11.3 Å². The van der Waals surface area contributed by atoms with Gasteiger partial charge in [0.1, 0.15) is 21.8 Å². The lowest BCUT2D eigenvalue weighted by Crippen LogP contribution is -1.86. The van der Waals surface area contributed by atoms with E-state index in [2.05, 4.69) is 20.4 Å². The summed E-state index contributed by atoms with van der Waals surface area (Å²) in [6, 6.07) is 8.78. The third-order valence-corrected chi connectivity index (χ3v) is 3.85. The first-order chi connectivity index (χ1) is 10.2. The van der Waals surface area contributed by atoms with Crippen molar-refractivity contribution < 1.29 is 4.74 Å². The fourth-order valence-corrected chi connectivity index (χ4v) is 2.67. The monoisotopic (exact) mass is 337 g/mol. The number of aromatic amines is 1. The molecule has 3 aromatic rings. The summed E-state index contributed by atoms with van der Waals surface area (Å²) in [5.74, 6) is 0.581. The number of nitrogens with one attached hydrogen (secondary N) is 1. The van der Waals surface area contributed by atoms with Crippen LogP contribution in [0.3, 0.4) is 0 Å². The number of hydrogen-bond donors (Lipinski definition) is 1. The van der Waals surface area contributed by atoms with E-state index in [1.807, 2.05) is 6.07 Å². The number of H-pyrrole nitrogens is 1. The van der Waals surface area contributed by atoms with Gasteiger partial charge in [0.15, 0.2) is 11.4 Å². The lowest BCUT2D eigenvalue weighted by atomic mass is 10.3. The molecule has 0 saturated heterocycles. The van der Waals surface area contributed by atoms with Crippen LogP contribution < -0.4 is 4.74 Å². The summed E-state index contributed by atoms with van der Waals surface area (Å²) in [4.78, 5) is 4.24. The first-order valence-corrected chi connectivity index (χ1v) is 7.16. The van der Waals surface area contributed by atoms with Crippen LogP contribution in [0.5, 0.6) is 10.9 Å². The van der Waals surface area contributed by atoms with Crippen LogP contribution in [0.1, 0.15) is 5.69 Å². The highest BCUT2D eigenvalue weighted by molar-refractivity contribution is 7.18. The maximum absolute atomic E-state index is 8.96. The molecule has 9 heteroatoms. The number of halogens is 2. The molecule has 0 fully saturated rings. The molecule has 1 N–H and O–H groups in total. The van der Waals surface area contributed by atoms with Gasteiger partial charge in [0.05, 0.1) is 0 Å². The molecule has 6 nitrogen and oxygen atoms in total. The smallest absolute Gasteiger partial charge is 0.280 e. The fourth-order valence-electron chi connectivity index (χ4n) is 1.55. The van der Waals surface area contributed by atoms with Crippen molar-refractivity contribution in [3.63, 3.8) is 0 Å². The van der Waals surface area contributed by atoms with Gasteiger partial charge in [0.2, 0.25) is 0 Å². The molecule has 0 aliphatic carbocycles. The maximum Gasteiger partial charge on any atom is 0.280 e. The van der Waals surface area contributed by atoms with E-state index in [1.165, 1.54) is 0 Å². The van der Waals surface area contributed by atoms with Crippen molar-refractivity contribution in [2.75, 3.05) is 0 Å². The van der Waals surface area contributed by atoms with Crippen LogP contribution in [0.4, 0.5) is 0 Å². The Morgan fingerprint density at radius 2 is 1.95 bits per heavy atom. The Morgan fingerprint density at radius 3 is 2.67 bits per heavy atom. The molecule has 1 aromatic carbocycles. The minimum Gasteiger partial charge on any atom is -0.431 e. The average Bonchev–Trinajstić information content (AvgIpc) is 3.07. The second kappa shape index (κ2) is 5.69. The van der Waals surface area contributed by atoms with Gasteiger partial charge in [0, 0.05) is 5.02 Å². The van der Waals surface area contributed by atoms with Crippen molar-refractivity contribution in [2.45, 2.75) is 0 Å². The zero-order chi connectivity index (χ0) is 14.8. The van der Waals surface area contributed by atoms with Crippen LogP contribution in [-0.4, -0.2) is 20.4 Å². The van der Waals surface area contributed by atoms with E-state index >= 15 is 0 Å². The third kappa shape index (κ3) is 2.83. The first-order valence-electron chi connectivity index (χ1n) is 5.58. The predicted molar refractivity (Wildman–Crippen MR) is 78.7 cm³/mol. The van der Waals surface area contributed by atoms with Crippen LogP contribution in [-0.2, 0) is 0 Å². The van der Waals surface area contributed by atoms with Crippen LogP contribution in [0.25, 0.3) is 11.4 Å². The zero-order valence-corrected chi connectivity index (χ0v) is 12.5. The van der Waals surface area contributed by atoms with E-state index in [-0.39, 0.29) is 5.69 Å². The fraction of sp³-hybridized carbons (Fsp3) is 0. The summed E-state index contributed by atoms with van der Waals surface area (Å²) in [6.07, 6.45) is 0. The Balaban J connectivity index is 1.91. The molecule has 104 valence electrons. The molecule has 0 radical (unpaired) electrons. The summed E-state index contributed by atoms with van der Waals surface area (Å²) in [7, 11) is 0. The lowest BCUT2D eigenvalue weighted by Gasteiger charge is -2.00. The molecule has 0 unspecified atom stereocenters. The van der Waals surface area contributed by atoms with Gasteiger partial charge in [-0.05, 0) is 24.3 Å². The van der Waals surface area contributed by atoms with Crippen LogP contribution in [0, 0.1) is 11.3 Å². The van der Waals surface area contributed by atoms with Crippen molar-refractivity contribution in [3.8, 4) is 28.4 Å². The highest BCUT2D eigenvalue weighted by Gasteiger charge is 2.19. The summed E-state index contributed by atoms with van der Waals surface area (Å²) >= 11 is 13.1. The van der Waals surface area contributed by atoms with E-state index < -0.39 is 0 Å². The Kier molecular flexibility index (Phi) is 3.75. The van der Waals surface area contributed by atoms with Gasteiger partial charge in [-0.3, -0.25) is 0 Å². The Labute approximate surface area is 132 Å². The summed E-state index contributed by atoms with van der Waals surface area (Å²) in [5, 5.41) is 19.8. The summed E-state index contributed by atoms with van der Waals surface area (Å²) < 4.78 is 5.95. The van der Waals surface area contributed by atoms with E-state index in [0.29, 0.717) is 31.7 Å². The normalized spacial score (nSPS) is 10.3. The Hall–Kier alpha value is -2.14. The van der Waals surface area contributed by atoms with Crippen LogP contribution in [0.2, 0.25) is 9.36 Å². The quantitative estimate of drug-likeness (QED) is 0.782. The topological polar surface area (TPSA) is 87.5 Å². The number of thiazole rings is 1.